The Bertz CT molecular complexity index is 504. The third-order valence-electron chi connectivity index (χ3n) is 3.44. The molecule has 0 bridgehead atoms. The van der Waals surface area contributed by atoms with Crippen molar-refractivity contribution < 1.29 is 9.53 Å². The van der Waals surface area contributed by atoms with E-state index in [2.05, 4.69) is 25.6 Å². The Morgan fingerprint density at radius 3 is 2.85 bits per heavy atom. The first-order chi connectivity index (χ1) is 9.74. The molecule has 20 heavy (non-hydrogen) atoms. The number of methoxy groups -OCH3 is 1. The summed E-state index contributed by atoms with van der Waals surface area (Å²) < 4.78 is 4.64. The molecule has 0 spiro atoms. The smallest absolute Gasteiger partial charge is 0.306 e. The average molecular weight is 274 g/mol. The van der Waals surface area contributed by atoms with Crippen LogP contribution in [0.3, 0.4) is 0 Å². The minimum absolute atomic E-state index is 0.177. The number of carbonyl (C=O) groups is 1. The Balaban J connectivity index is 1.88. The number of carbonyl (C=O) groups excluding carboxylic acids is 1. The maximum atomic E-state index is 11.1. The fourth-order valence-corrected chi connectivity index (χ4v) is 2.27. The van der Waals surface area contributed by atoms with Gasteiger partial charge < -0.3 is 9.64 Å². The Morgan fingerprint density at radius 2 is 2.20 bits per heavy atom. The second-order valence-electron chi connectivity index (χ2n) is 4.64. The molecule has 0 radical (unpaired) electrons. The number of nitriles is 1. The van der Waals surface area contributed by atoms with E-state index in [0.29, 0.717) is 18.5 Å². The Morgan fingerprint density at radius 1 is 1.45 bits per heavy atom. The van der Waals surface area contributed by atoms with Crippen molar-refractivity contribution in [2.45, 2.75) is 6.42 Å². The predicted molar refractivity (Wildman–Crippen MR) is 74.2 cm³/mol. The lowest BCUT2D eigenvalue weighted by Gasteiger charge is -2.35. The minimum atomic E-state index is -0.177. The number of aromatic nitrogens is 1. The Hall–Kier alpha value is -2.13. The molecule has 2 rings (SSSR count). The quantitative estimate of drug-likeness (QED) is 0.750. The normalized spacial score (nSPS) is 15.7. The van der Waals surface area contributed by atoms with Gasteiger partial charge in [-0.3, -0.25) is 9.69 Å². The molecule has 6 nitrogen and oxygen atoms in total. The van der Waals surface area contributed by atoms with Crippen molar-refractivity contribution in [1.29, 1.82) is 5.26 Å². The van der Waals surface area contributed by atoms with Crippen molar-refractivity contribution in [3.8, 4) is 6.07 Å². The number of anilines is 1. The van der Waals surface area contributed by atoms with E-state index in [1.807, 2.05) is 0 Å². The van der Waals surface area contributed by atoms with E-state index in [4.69, 9.17) is 5.26 Å². The van der Waals surface area contributed by atoms with Gasteiger partial charge >= 0.3 is 5.97 Å². The molecule has 6 heteroatoms. The molecule has 1 aliphatic heterocycles. The van der Waals surface area contributed by atoms with E-state index in [0.717, 1.165) is 32.0 Å². The van der Waals surface area contributed by atoms with E-state index in [1.54, 1.807) is 18.3 Å². The fourth-order valence-electron chi connectivity index (χ4n) is 2.27. The van der Waals surface area contributed by atoms with Gasteiger partial charge in [-0.1, -0.05) is 0 Å². The van der Waals surface area contributed by atoms with Crippen LogP contribution < -0.4 is 4.90 Å². The minimum Gasteiger partial charge on any atom is -0.469 e. The molecule has 106 valence electrons. The third-order valence-corrected chi connectivity index (χ3v) is 3.44. The second kappa shape index (κ2) is 6.87. The summed E-state index contributed by atoms with van der Waals surface area (Å²) in [5.74, 6) is 0.576. The molecule has 0 atom stereocenters. The fraction of sp³-hybridized carbons (Fsp3) is 0.500. The molecule has 1 aromatic heterocycles. The van der Waals surface area contributed by atoms with Crippen LogP contribution in [0.15, 0.2) is 18.3 Å². The number of pyridine rings is 1. The summed E-state index contributed by atoms with van der Waals surface area (Å²) >= 11 is 0. The van der Waals surface area contributed by atoms with Gasteiger partial charge in [0.25, 0.3) is 0 Å². The number of hydrogen-bond donors (Lipinski definition) is 0. The summed E-state index contributed by atoms with van der Waals surface area (Å²) in [6.07, 6.45) is 2.13. The Labute approximate surface area is 118 Å². The van der Waals surface area contributed by atoms with Crippen molar-refractivity contribution in [3.63, 3.8) is 0 Å². The average Bonchev–Trinajstić information content (AvgIpc) is 2.53. The van der Waals surface area contributed by atoms with Crippen LogP contribution in [0.4, 0.5) is 5.82 Å². The van der Waals surface area contributed by atoms with Gasteiger partial charge in [0.2, 0.25) is 0 Å². The van der Waals surface area contributed by atoms with Gasteiger partial charge in [-0.2, -0.15) is 5.26 Å². The van der Waals surface area contributed by atoms with Crippen LogP contribution in [0.5, 0.6) is 0 Å². The summed E-state index contributed by atoms with van der Waals surface area (Å²) in [5, 5.41) is 9.10. The van der Waals surface area contributed by atoms with E-state index >= 15 is 0 Å². The first-order valence-corrected chi connectivity index (χ1v) is 6.64. The van der Waals surface area contributed by atoms with Crippen LogP contribution >= 0.6 is 0 Å². The lowest BCUT2D eigenvalue weighted by molar-refractivity contribution is -0.141. The van der Waals surface area contributed by atoms with Crippen LogP contribution in [0.2, 0.25) is 0 Å². The summed E-state index contributed by atoms with van der Waals surface area (Å²) in [6, 6.07) is 5.73. The number of rotatable bonds is 4. The summed E-state index contributed by atoms with van der Waals surface area (Å²) in [4.78, 5) is 19.8. The molecule has 0 aliphatic carbocycles. The van der Waals surface area contributed by atoms with Gasteiger partial charge in [-0.05, 0) is 12.1 Å². The highest BCUT2D eigenvalue weighted by Crippen LogP contribution is 2.17. The maximum Gasteiger partial charge on any atom is 0.306 e. The molecule has 0 N–H and O–H groups in total. The molecule has 1 aliphatic rings. The van der Waals surface area contributed by atoms with Crippen LogP contribution in [-0.2, 0) is 9.53 Å². The third kappa shape index (κ3) is 3.45. The predicted octanol–water partition coefficient (Wildman–Crippen LogP) is 0.638. The molecular formula is C14H18N4O2. The number of esters is 1. The maximum absolute atomic E-state index is 11.1. The first-order valence-electron chi connectivity index (χ1n) is 6.64. The molecule has 0 aromatic carbocycles. The lowest BCUT2D eigenvalue weighted by atomic mass is 10.2. The molecule has 1 aromatic rings. The van der Waals surface area contributed by atoms with Gasteiger partial charge in [0.05, 0.1) is 19.1 Å². The molecule has 0 amide bonds. The zero-order valence-corrected chi connectivity index (χ0v) is 11.6. The zero-order chi connectivity index (χ0) is 14.4. The largest absolute Gasteiger partial charge is 0.469 e. The highest BCUT2D eigenvalue weighted by atomic mass is 16.5. The summed E-state index contributed by atoms with van der Waals surface area (Å²) in [5.41, 5.74) is 0.607. The number of ether oxygens (including phenoxy) is 1. The van der Waals surface area contributed by atoms with Crippen molar-refractivity contribution in [2.24, 2.45) is 0 Å². The number of hydrogen-bond acceptors (Lipinski definition) is 6. The van der Waals surface area contributed by atoms with Gasteiger partial charge in [0.1, 0.15) is 11.9 Å². The van der Waals surface area contributed by atoms with E-state index in [-0.39, 0.29) is 5.97 Å². The van der Waals surface area contributed by atoms with Gasteiger partial charge in [0, 0.05) is 38.9 Å². The number of piperazine rings is 1. The highest BCUT2D eigenvalue weighted by molar-refractivity contribution is 5.69. The standard InChI is InChI=1S/C14H18N4O2/c1-20-13(19)4-6-17-7-9-18(10-8-17)14-12(11-15)3-2-5-16-14/h2-3,5H,4,6-10H2,1H3. The van der Waals surface area contributed by atoms with Crippen molar-refractivity contribution in [1.82, 2.24) is 9.88 Å². The van der Waals surface area contributed by atoms with Crippen LogP contribution in [0.1, 0.15) is 12.0 Å². The van der Waals surface area contributed by atoms with E-state index < -0.39 is 0 Å². The van der Waals surface area contributed by atoms with Crippen LogP contribution in [0, 0.1) is 11.3 Å². The molecule has 1 fully saturated rings. The molecule has 0 unspecified atom stereocenters. The topological polar surface area (TPSA) is 69.5 Å². The summed E-state index contributed by atoms with van der Waals surface area (Å²) in [7, 11) is 1.41. The van der Waals surface area contributed by atoms with Crippen LogP contribution in [-0.4, -0.2) is 55.7 Å². The molecule has 0 saturated carbocycles. The van der Waals surface area contributed by atoms with Crippen molar-refractivity contribution >= 4 is 11.8 Å². The summed E-state index contributed by atoms with van der Waals surface area (Å²) in [6.45, 7) is 4.06. The molecular weight excluding hydrogens is 256 g/mol. The number of nitrogens with zero attached hydrogens (tertiary/aromatic N) is 4. The lowest BCUT2D eigenvalue weighted by Crippen LogP contribution is -2.47. The highest BCUT2D eigenvalue weighted by Gasteiger charge is 2.20. The van der Waals surface area contributed by atoms with Gasteiger partial charge in [-0.15, -0.1) is 0 Å². The second-order valence-corrected chi connectivity index (χ2v) is 4.64. The van der Waals surface area contributed by atoms with Gasteiger partial charge in [0.15, 0.2) is 0 Å². The van der Waals surface area contributed by atoms with Gasteiger partial charge in [-0.25, -0.2) is 4.98 Å². The van der Waals surface area contributed by atoms with Crippen LogP contribution in [0.25, 0.3) is 0 Å². The first kappa shape index (κ1) is 14.3. The monoisotopic (exact) mass is 274 g/mol. The van der Waals surface area contributed by atoms with E-state index in [1.165, 1.54) is 7.11 Å². The SMILES string of the molecule is COC(=O)CCN1CCN(c2ncccc2C#N)CC1. The van der Waals surface area contributed by atoms with E-state index in [9.17, 15) is 4.79 Å². The van der Waals surface area contributed by atoms with Crippen molar-refractivity contribution in [2.75, 3.05) is 44.7 Å². The molecule has 2 heterocycles. The Kier molecular flexibility index (Phi) is 4.91. The molecule has 1 saturated heterocycles. The van der Waals surface area contributed by atoms with Crippen molar-refractivity contribution in [3.05, 3.63) is 23.9 Å². The zero-order valence-electron chi connectivity index (χ0n) is 11.6.